The molecular formula is C11H13ClN2O. The van der Waals surface area contributed by atoms with Gasteiger partial charge in [-0.2, -0.15) is 0 Å². The minimum absolute atomic E-state index is 0.0454. The zero-order valence-electron chi connectivity index (χ0n) is 8.59. The molecule has 0 bridgehead atoms. The molecule has 0 atom stereocenters. The third kappa shape index (κ3) is 2.12. The number of pyridine rings is 1. The molecule has 15 heavy (non-hydrogen) atoms. The Hall–Kier alpha value is -1.09. The van der Waals surface area contributed by atoms with Crippen molar-refractivity contribution >= 4 is 17.5 Å². The fraction of sp³-hybridized carbons (Fsp3) is 0.455. The van der Waals surface area contributed by atoms with Crippen LogP contribution in [0.1, 0.15) is 36.5 Å². The van der Waals surface area contributed by atoms with E-state index in [0.29, 0.717) is 5.56 Å². The maximum Gasteiger partial charge on any atom is 0.254 e. The van der Waals surface area contributed by atoms with E-state index in [4.69, 9.17) is 11.6 Å². The zero-order chi connectivity index (χ0) is 10.9. The van der Waals surface area contributed by atoms with Crippen LogP contribution in [-0.4, -0.2) is 16.4 Å². The summed E-state index contributed by atoms with van der Waals surface area (Å²) in [4.78, 5) is 15.7. The number of nitrogens with zero attached hydrogens (tertiary/aromatic N) is 1. The summed E-state index contributed by atoms with van der Waals surface area (Å²) in [5.74, 6) is -0.129. The molecule has 80 valence electrons. The second-order valence-electron chi connectivity index (χ2n) is 4.21. The predicted molar refractivity (Wildman–Crippen MR) is 59.0 cm³/mol. The molecule has 1 aromatic heterocycles. The van der Waals surface area contributed by atoms with Crippen LogP contribution in [0.25, 0.3) is 0 Å². The van der Waals surface area contributed by atoms with Gasteiger partial charge < -0.3 is 5.32 Å². The first-order valence-corrected chi connectivity index (χ1v) is 5.42. The lowest BCUT2D eigenvalue weighted by Gasteiger charge is -2.39. The Bertz CT molecular complexity index is 388. The molecule has 0 aliphatic heterocycles. The maximum atomic E-state index is 11.8. The van der Waals surface area contributed by atoms with Gasteiger partial charge >= 0.3 is 0 Å². The van der Waals surface area contributed by atoms with Crippen molar-refractivity contribution in [3.63, 3.8) is 0 Å². The number of carbonyl (C=O) groups is 1. The summed E-state index contributed by atoms with van der Waals surface area (Å²) in [6.07, 6.45) is 4.83. The third-order valence-electron chi connectivity index (χ3n) is 2.88. The SMILES string of the molecule is CC1(NC(=O)c2cccnc2Cl)CCC1. The molecule has 2 rings (SSSR count). The predicted octanol–water partition coefficient (Wildman–Crippen LogP) is 2.41. The fourth-order valence-corrected chi connectivity index (χ4v) is 1.93. The van der Waals surface area contributed by atoms with Crippen LogP contribution in [0.5, 0.6) is 0 Å². The Morgan fingerprint density at radius 3 is 2.87 bits per heavy atom. The Morgan fingerprint density at radius 1 is 1.60 bits per heavy atom. The molecule has 1 aromatic rings. The highest BCUT2D eigenvalue weighted by Gasteiger charge is 2.33. The van der Waals surface area contributed by atoms with Gasteiger partial charge in [-0.15, -0.1) is 0 Å². The molecule has 0 unspecified atom stereocenters. The lowest BCUT2D eigenvalue weighted by atomic mass is 9.78. The summed E-state index contributed by atoms with van der Waals surface area (Å²) in [5.41, 5.74) is 0.406. The maximum absolute atomic E-state index is 11.8. The van der Waals surface area contributed by atoms with Gasteiger partial charge in [0.15, 0.2) is 0 Å². The summed E-state index contributed by atoms with van der Waals surface area (Å²) in [6.45, 7) is 2.05. The Kier molecular flexibility index (Phi) is 2.65. The van der Waals surface area contributed by atoms with E-state index in [9.17, 15) is 4.79 Å². The molecule has 1 fully saturated rings. The van der Waals surface area contributed by atoms with Gasteiger partial charge in [-0.1, -0.05) is 11.6 Å². The number of amides is 1. The second kappa shape index (κ2) is 3.81. The van der Waals surface area contributed by atoms with Gasteiger partial charge in [0.1, 0.15) is 5.15 Å². The third-order valence-corrected chi connectivity index (χ3v) is 3.18. The van der Waals surface area contributed by atoms with Crippen molar-refractivity contribution in [1.82, 2.24) is 10.3 Å². The Morgan fingerprint density at radius 2 is 2.33 bits per heavy atom. The molecule has 0 saturated heterocycles. The van der Waals surface area contributed by atoms with Gasteiger partial charge in [0, 0.05) is 11.7 Å². The largest absolute Gasteiger partial charge is 0.347 e. The van der Waals surface area contributed by atoms with Crippen molar-refractivity contribution in [3.8, 4) is 0 Å². The van der Waals surface area contributed by atoms with Crippen molar-refractivity contribution in [1.29, 1.82) is 0 Å². The first-order chi connectivity index (χ1) is 7.11. The average molecular weight is 225 g/mol. The van der Waals surface area contributed by atoms with Crippen molar-refractivity contribution in [2.45, 2.75) is 31.7 Å². The normalized spacial score (nSPS) is 18.0. The van der Waals surface area contributed by atoms with E-state index in [1.54, 1.807) is 18.3 Å². The molecular weight excluding hydrogens is 212 g/mol. The molecule has 1 heterocycles. The van der Waals surface area contributed by atoms with Crippen LogP contribution in [0, 0.1) is 0 Å². The van der Waals surface area contributed by atoms with Crippen molar-refractivity contribution in [2.75, 3.05) is 0 Å². The smallest absolute Gasteiger partial charge is 0.254 e. The molecule has 4 heteroatoms. The van der Waals surface area contributed by atoms with Crippen LogP contribution in [0.2, 0.25) is 5.15 Å². The first kappa shape index (κ1) is 10.4. The number of rotatable bonds is 2. The molecule has 1 saturated carbocycles. The molecule has 0 aromatic carbocycles. The van der Waals surface area contributed by atoms with Gasteiger partial charge in [0.05, 0.1) is 5.56 Å². The molecule has 1 aliphatic carbocycles. The van der Waals surface area contributed by atoms with Gasteiger partial charge in [-0.3, -0.25) is 4.79 Å². The van der Waals surface area contributed by atoms with E-state index in [2.05, 4.69) is 17.2 Å². The molecule has 1 aliphatic rings. The Labute approximate surface area is 93.8 Å². The van der Waals surface area contributed by atoms with Crippen molar-refractivity contribution in [3.05, 3.63) is 29.0 Å². The number of halogens is 1. The number of carbonyl (C=O) groups excluding carboxylic acids is 1. The first-order valence-electron chi connectivity index (χ1n) is 5.04. The van der Waals surface area contributed by atoms with Crippen molar-refractivity contribution < 1.29 is 4.79 Å². The van der Waals surface area contributed by atoms with E-state index in [1.807, 2.05) is 0 Å². The molecule has 0 spiro atoms. The average Bonchev–Trinajstić information content (AvgIpc) is 2.16. The lowest BCUT2D eigenvalue weighted by molar-refractivity contribution is 0.0850. The molecule has 1 N–H and O–H groups in total. The quantitative estimate of drug-likeness (QED) is 0.784. The lowest BCUT2D eigenvalue weighted by Crippen LogP contribution is -2.51. The monoisotopic (exact) mass is 224 g/mol. The van der Waals surface area contributed by atoms with Gasteiger partial charge in [0.25, 0.3) is 5.91 Å². The highest BCUT2D eigenvalue weighted by atomic mass is 35.5. The van der Waals surface area contributed by atoms with Gasteiger partial charge in [0.2, 0.25) is 0 Å². The summed E-state index contributed by atoms with van der Waals surface area (Å²) < 4.78 is 0. The zero-order valence-corrected chi connectivity index (χ0v) is 9.34. The fourth-order valence-electron chi connectivity index (χ4n) is 1.73. The summed E-state index contributed by atoms with van der Waals surface area (Å²) >= 11 is 5.84. The highest BCUT2D eigenvalue weighted by Crippen LogP contribution is 2.31. The van der Waals surface area contributed by atoms with E-state index >= 15 is 0 Å². The van der Waals surface area contributed by atoms with Gasteiger partial charge in [-0.05, 0) is 38.3 Å². The number of hydrogen-bond acceptors (Lipinski definition) is 2. The number of hydrogen-bond donors (Lipinski definition) is 1. The van der Waals surface area contributed by atoms with E-state index in [0.717, 1.165) is 12.8 Å². The standard InChI is InChI=1S/C11H13ClN2O/c1-11(5-3-6-11)14-10(15)8-4-2-7-13-9(8)12/h2,4,7H,3,5-6H2,1H3,(H,14,15). The summed E-state index contributed by atoms with van der Waals surface area (Å²) in [5, 5.41) is 3.25. The van der Waals surface area contributed by atoms with Crippen LogP contribution >= 0.6 is 11.6 Å². The van der Waals surface area contributed by atoms with Crippen LogP contribution in [0.15, 0.2) is 18.3 Å². The Balaban J connectivity index is 2.11. The van der Waals surface area contributed by atoms with Gasteiger partial charge in [-0.25, -0.2) is 4.98 Å². The van der Waals surface area contributed by atoms with Crippen LogP contribution in [-0.2, 0) is 0 Å². The molecule has 3 nitrogen and oxygen atoms in total. The molecule has 0 radical (unpaired) electrons. The van der Waals surface area contributed by atoms with Crippen LogP contribution in [0.3, 0.4) is 0 Å². The van der Waals surface area contributed by atoms with E-state index in [-0.39, 0.29) is 16.6 Å². The van der Waals surface area contributed by atoms with Crippen LogP contribution in [0.4, 0.5) is 0 Å². The van der Waals surface area contributed by atoms with Crippen molar-refractivity contribution in [2.24, 2.45) is 0 Å². The van der Waals surface area contributed by atoms with Crippen LogP contribution < -0.4 is 5.32 Å². The minimum atomic E-state index is -0.129. The van der Waals surface area contributed by atoms with E-state index in [1.165, 1.54) is 6.42 Å². The molecule has 1 amide bonds. The number of aromatic nitrogens is 1. The number of nitrogens with one attached hydrogen (secondary N) is 1. The summed E-state index contributed by atoms with van der Waals surface area (Å²) in [6, 6.07) is 3.40. The van der Waals surface area contributed by atoms with E-state index < -0.39 is 0 Å². The summed E-state index contributed by atoms with van der Waals surface area (Å²) in [7, 11) is 0. The minimum Gasteiger partial charge on any atom is -0.347 e. The second-order valence-corrected chi connectivity index (χ2v) is 4.57. The highest BCUT2D eigenvalue weighted by molar-refractivity contribution is 6.32. The topological polar surface area (TPSA) is 42.0 Å².